The summed E-state index contributed by atoms with van der Waals surface area (Å²) in [6, 6.07) is 18.1. The number of carbonyl (C=O) groups excluding carboxylic acids is 2. The van der Waals surface area contributed by atoms with Gasteiger partial charge in [-0.25, -0.2) is 4.39 Å². The smallest absolute Gasteiger partial charge is 0.255 e. The average Bonchev–Trinajstić information content (AvgIpc) is 3.15. The quantitative estimate of drug-likeness (QED) is 0.572. The van der Waals surface area contributed by atoms with Gasteiger partial charge in [0.2, 0.25) is 5.91 Å². The molecule has 1 fully saturated rings. The molecule has 5 nitrogen and oxygen atoms in total. The molecule has 0 aliphatic carbocycles. The van der Waals surface area contributed by atoms with Gasteiger partial charge in [0.15, 0.2) is 0 Å². The van der Waals surface area contributed by atoms with Gasteiger partial charge in [0, 0.05) is 43.0 Å². The van der Waals surface area contributed by atoms with Crippen LogP contribution in [0.4, 0.5) is 4.39 Å². The van der Waals surface area contributed by atoms with E-state index >= 15 is 0 Å². The second-order valence-electron chi connectivity index (χ2n) is 9.54. The number of hydrogen-bond acceptors (Lipinski definition) is 2. The second kappa shape index (κ2) is 8.85. The minimum absolute atomic E-state index is 0.0478. The van der Waals surface area contributed by atoms with Crippen molar-refractivity contribution in [3.63, 3.8) is 0 Å². The molecule has 1 aromatic heterocycles. The predicted molar refractivity (Wildman–Crippen MR) is 128 cm³/mol. The molecule has 2 heterocycles. The molecule has 6 heteroatoms. The monoisotopic (exact) mass is 447 g/mol. The van der Waals surface area contributed by atoms with Crippen LogP contribution in [0.3, 0.4) is 0 Å². The summed E-state index contributed by atoms with van der Waals surface area (Å²) in [5.74, 6) is -0.236. The normalized spacial score (nSPS) is 14.5. The third kappa shape index (κ3) is 4.56. The van der Waals surface area contributed by atoms with Gasteiger partial charge in [-0.05, 0) is 55.0 Å². The Balaban J connectivity index is 1.65. The van der Waals surface area contributed by atoms with Crippen molar-refractivity contribution >= 4 is 11.8 Å². The topological polar surface area (TPSA) is 45.6 Å². The molecule has 0 spiro atoms. The molecule has 0 atom stereocenters. The van der Waals surface area contributed by atoms with Crippen molar-refractivity contribution in [3.05, 3.63) is 77.7 Å². The fraction of sp³-hybridized carbons (Fsp3) is 0.333. The summed E-state index contributed by atoms with van der Waals surface area (Å²) in [5.41, 5.74) is 3.63. The molecule has 0 saturated carbocycles. The first-order valence-corrected chi connectivity index (χ1v) is 11.3. The van der Waals surface area contributed by atoms with Crippen LogP contribution in [-0.4, -0.2) is 52.4 Å². The SMILES string of the molecule is Cc1c(C(=O)N2CCN(C(=O)C(C)(C)C)CC2)cc(-c2ccc(F)cc2)n1-c1ccccc1. The molecule has 1 aliphatic heterocycles. The van der Waals surface area contributed by atoms with E-state index in [0.29, 0.717) is 31.7 Å². The van der Waals surface area contributed by atoms with Crippen LogP contribution >= 0.6 is 0 Å². The maximum atomic E-state index is 13.5. The van der Waals surface area contributed by atoms with E-state index in [2.05, 4.69) is 0 Å². The highest BCUT2D eigenvalue weighted by Crippen LogP contribution is 2.31. The highest BCUT2D eigenvalue weighted by molar-refractivity contribution is 5.97. The Kier molecular flexibility index (Phi) is 6.11. The number of carbonyl (C=O) groups is 2. The Hall–Kier alpha value is -3.41. The fourth-order valence-corrected chi connectivity index (χ4v) is 4.32. The molecule has 1 saturated heterocycles. The predicted octanol–water partition coefficient (Wildman–Crippen LogP) is 4.92. The number of nitrogens with zero attached hydrogens (tertiary/aromatic N) is 3. The molecule has 2 aromatic carbocycles. The molecule has 1 aliphatic rings. The molecule has 3 aromatic rings. The molecular weight excluding hydrogens is 417 g/mol. The average molecular weight is 448 g/mol. The zero-order valence-corrected chi connectivity index (χ0v) is 19.6. The van der Waals surface area contributed by atoms with Gasteiger partial charge >= 0.3 is 0 Å². The highest BCUT2D eigenvalue weighted by atomic mass is 19.1. The van der Waals surface area contributed by atoms with E-state index < -0.39 is 5.41 Å². The van der Waals surface area contributed by atoms with Gasteiger partial charge in [0.05, 0.1) is 11.3 Å². The second-order valence-corrected chi connectivity index (χ2v) is 9.54. The number of amides is 2. The zero-order chi connectivity index (χ0) is 23.8. The first kappa shape index (κ1) is 22.8. The van der Waals surface area contributed by atoms with Crippen LogP contribution in [0.5, 0.6) is 0 Å². The van der Waals surface area contributed by atoms with Crippen LogP contribution < -0.4 is 0 Å². The molecule has 172 valence electrons. The summed E-state index contributed by atoms with van der Waals surface area (Å²) in [6.45, 7) is 9.76. The minimum atomic E-state index is -0.431. The maximum Gasteiger partial charge on any atom is 0.255 e. The molecule has 4 rings (SSSR count). The van der Waals surface area contributed by atoms with Gasteiger partial charge in [-0.1, -0.05) is 39.0 Å². The van der Waals surface area contributed by atoms with Gasteiger partial charge in [0.25, 0.3) is 5.91 Å². The van der Waals surface area contributed by atoms with Gasteiger partial charge in [-0.3, -0.25) is 9.59 Å². The number of halogens is 1. The van der Waals surface area contributed by atoms with Crippen molar-refractivity contribution < 1.29 is 14.0 Å². The third-order valence-corrected chi connectivity index (χ3v) is 6.13. The Labute approximate surface area is 194 Å². The standard InChI is InChI=1S/C27H30FN3O2/c1-19-23(25(32)29-14-16-30(17-15-29)26(33)27(2,3)4)18-24(20-10-12-21(28)13-11-20)31(19)22-8-6-5-7-9-22/h5-13,18H,14-17H2,1-4H3. The van der Waals surface area contributed by atoms with E-state index in [0.717, 1.165) is 22.6 Å². The van der Waals surface area contributed by atoms with Gasteiger partial charge < -0.3 is 14.4 Å². The van der Waals surface area contributed by atoms with Crippen LogP contribution in [0, 0.1) is 18.2 Å². The number of para-hydroxylation sites is 1. The zero-order valence-electron chi connectivity index (χ0n) is 19.6. The van der Waals surface area contributed by atoms with Crippen molar-refractivity contribution in [2.75, 3.05) is 26.2 Å². The number of aromatic nitrogens is 1. The van der Waals surface area contributed by atoms with E-state index in [1.165, 1.54) is 12.1 Å². The molecule has 2 amide bonds. The summed E-state index contributed by atoms with van der Waals surface area (Å²) < 4.78 is 15.6. The largest absolute Gasteiger partial charge is 0.339 e. The summed E-state index contributed by atoms with van der Waals surface area (Å²) in [7, 11) is 0. The van der Waals surface area contributed by atoms with Crippen molar-refractivity contribution in [3.8, 4) is 16.9 Å². The van der Waals surface area contributed by atoms with Crippen LogP contribution in [0.1, 0.15) is 36.8 Å². The first-order chi connectivity index (χ1) is 15.7. The fourth-order valence-electron chi connectivity index (χ4n) is 4.32. The molecule has 33 heavy (non-hydrogen) atoms. The van der Waals surface area contributed by atoms with Gasteiger partial charge in [-0.2, -0.15) is 0 Å². The molecular formula is C27H30FN3O2. The van der Waals surface area contributed by atoms with Crippen molar-refractivity contribution in [1.82, 2.24) is 14.4 Å². The van der Waals surface area contributed by atoms with E-state index in [1.54, 1.807) is 12.1 Å². The number of hydrogen-bond donors (Lipinski definition) is 0. The molecule has 0 unspecified atom stereocenters. The summed E-state index contributed by atoms with van der Waals surface area (Å²) in [4.78, 5) is 29.8. The minimum Gasteiger partial charge on any atom is -0.339 e. The van der Waals surface area contributed by atoms with Crippen molar-refractivity contribution in [2.45, 2.75) is 27.7 Å². The highest BCUT2D eigenvalue weighted by Gasteiger charge is 2.32. The summed E-state index contributed by atoms with van der Waals surface area (Å²) >= 11 is 0. The van der Waals surface area contributed by atoms with Crippen LogP contribution in [-0.2, 0) is 4.79 Å². The third-order valence-electron chi connectivity index (χ3n) is 6.13. The molecule has 0 bridgehead atoms. The van der Waals surface area contributed by atoms with E-state index in [-0.39, 0.29) is 17.6 Å². The van der Waals surface area contributed by atoms with Crippen molar-refractivity contribution in [1.29, 1.82) is 0 Å². The Morgan fingerprint density at radius 3 is 2.00 bits per heavy atom. The Morgan fingerprint density at radius 1 is 0.848 bits per heavy atom. The molecule has 0 radical (unpaired) electrons. The lowest BCUT2D eigenvalue weighted by Crippen LogP contribution is -2.53. The lowest BCUT2D eigenvalue weighted by atomic mass is 9.94. The number of rotatable bonds is 3. The summed E-state index contributed by atoms with van der Waals surface area (Å²) in [5, 5.41) is 0. The summed E-state index contributed by atoms with van der Waals surface area (Å²) in [6.07, 6.45) is 0. The number of benzene rings is 2. The van der Waals surface area contributed by atoms with Crippen molar-refractivity contribution in [2.24, 2.45) is 5.41 Å². The lowest BCUT2D eigenvalue weighted by molar-refractivity contribution is -0.140. The first-order valence-electron chi connectivity index (χ1n) is 11.3. The van der Waals surface area contributed by atoms with Gasteiger partial charge in [-0.15, -0.1) is 0 Å². The van der Waals surface area contributed by atoms with Crippen LogP contribution in [0.15, 0.2) is 60.7 Å². The van der Waals surface area contributed by atoms with Crippen LogP contribution in [0.25, 0.3) is 16.9 Å². The van der Waals surface area contributed by atoms with Gasteiger partial charge in [0.1, 0.15) is 5.82 Å². The lowest BCUT2D eigenvalue weighted by Gasteiger charge is -2.37. The Morgan fingerprint density at radius 2 is 1.42 bits per heavy atom. The maximum absolute atomic E-state index is 13.5. The molecule has 0 N–H and O–H groups in total. The van der Waals surface area contributed by atoms with E-state index in [1.807, 2.05) is 78.5 Å². The van der Waals surface area contributed by atoms with E-state index in [9.17, 15) is 14.0 Å². The van der Waals surface area contributed by atoms with Crippen LogP contribution in [0.2, 0.25) is 0 Å². The van der Waals surface area contributed by atoms with E-state index in [4.69, 9.17) is 0 Å². The number of piperazine rings is 1. The Bertz CT molecular complexity index is 1150.